The van der Waals surface area contributed by atoms with Crippen molar-refractivity contribution in [3.63, 3.8) is 0 Å². The zero-order valence-electron chi connectivity index (χ0n) is 13.1. The first-order chi connectivity index (χ1) is 9.51. The first-order valence-corrected chi connectivity index (χ1v) is 7.16. The number of likely N-dealkylation sites (N-methyl/N-ethyl adjacent to an activating group) is 1. The molecule has 0 aromatic carbocycles. The molecule has 0 aliphatic heterocycles. The predicted molar refractivity (Wildman–Crippen MR) is 80.8 cm³/mol. The Hall–Kier alpha value is -1.62. The van der Waals surface area contributed by atoms with Gasteiger partial charge < -0.3 is 5.32 Å². The van der Waals surface area contributed by atoms with E-state index in [0.717, 1.165) is 30.7 Å². The fourth-order valence-electron chi connectivity index (χ4n) is 2.67. The van der Waals surface area contributed by atoms with Gasteiger partial charge in [0, 0.05) is 38.4 Å². The molecular formula is C15H25N5. The van der Waals surface area contributed by atoms with Crippen molar-refractivity contribution in [2.24, 2.45) is 14.1 Å². The maximum atomic E-state index is 4.48. The van der Waals surface area contributed by atoms with Crippen LogP contribution < -0.4 is 5.32 Å². The molecule has 0 spiro atoms. The van der Waals surface area contributed by atoms with Crippen LogP contribution in [0.1, 0.15) is 29.1 Å². The smallest absolute Gasteiger partial charge is 0.0639 e. The molecule has 2 heterocycles. The van der Waals surface area contributed by atoms with E-state index >= 15 is 0 Å². The average molecular weight is 275 g/mol. The molecule has 2 rings (SSSR count). The largest absolute Gasteiger partial charge is 0.317 e. The summed E-state index contributed by atoms with van der Waals surface area (Å²) in [5, 5.41) is 12.3. The average Bonchev–Trinajstić information content (AvgIpc) is 2.91. The summed E-state index contributed by atoms with van der Waals surface area (Å²) >= 11 is 0. The Balaban J connectivity index is 1.97. The van der Waals surface area contributed by atoms with Crippen molar-refractivity contribution in [2.45, 2.75) is 39.2 Å². The van der Waals surface area contributed by atoms with Crippen LogP contribution in [-0.4, -0.2) is 32.7 Å². The van der Waals surface area contributed by atoms with E-state index in [2.05, 4.69) is 35.4 Å². The molecule has 1 atom stereocenters. The van der Waals surface area contributed by atoms with Crippen molar-refractivity contribution in [1.82, 2.24) is 24.9 Å². The lowest BCUT2D eigenvalue weighted by Gasteiger charge is -2.15. The molecule has 0 radical (unpaired) electrons. The Bertz CT molecular complexity index is 567. The zero-order valence-corrected chi connectivity index (χ0v) is 13.1. The van der Waals surface area contributed by atoms with E-state index in [1.54, 1.807) is 0 Å². The first-order valence-electron chi connectivity index (χ1n) is 7.16. The van der Waals surface area contributed by atoms with Gasteiger partial charge in [-0.1, -0.05) is 0 Å². The highest BCUT2D eigenvalue weighted by Gasteiger charge is 2.13. The topological polar surface area (TPSA) is 47.7 Å². The maximum Gasteiger partial charge on any atom is 0.0639 e. The minimum atomic E-state index is 0.448. The Kier molecular flexibility index (Phi) is 4.60. The van der Waals surface area contributed by atoms with Crippen LogP contribution in [0, 0.1) is 13.8 Å². The number of hydrogen-bond donors (Lipinski definition) is 1. The van der Waals surface area contributed by atoms with E-state index in [9.17, 15) is 0 Å². The number of aromatic nitrogens is 4. The number of rotatable bonds is 6. The highest BCUT2D eigenvalue weighted by Crippen LogP contribution is 2.16. The summed E-state index contributed by atoms with van der Waals surface area (Å²) < 4.78 is 3.83. The number of nitrogens with one attached hydrogen (secondary N) is 1. The molecule has 5 heteroatoms. The van der Waals surface area contributed by atoms with Crippen LogP contribution >= 0.6 is 0 Å². The van der Waals surface area contributed by atoms with Gasteiger partial charge in [0.1, 0.15) is 0 Å². The van der Waals surface area contributed by atoms with Gasteiger partial charge in [0.25, 0.3) is 0 Å². The lowest BCUT2D eigenvalue weighted by molar-refractivity contribution is 0.511. The maximum absolute atomic E-state index is 4.48. The van der Waals surface area contributed by atoms with E-state index in [4.69, 9.17) is 0 Å². The Labute approximate surface area is 121 Å². The Morgan fingerprint density at radius 2 is 2.00 bits per heavy atom. The fourth-order valence-corrected chi connectivity index (χ4v) is 2.67. The van der Waals surface area contributed by atoms with Crippen LogP contribution in [0.5, 0.6) is 0 Å². The molecule has 0 fully saturated rings. The van der Waals surface area contributed by atoms with Crippen molar-refractivity contribution >= 4 is 0 Å². The minimum Gasteiger partial charge on any atom is -0.317 e. The molecule has 1 unspecified atom stereocenters. The van der Waals surface area contributed by atoms with Crippen molar-refractivity contribution in [2.75, 3.05) is 7.05 Å². The number of hydrogen-bond acceptors (Lipinski definition) is 3. The molecule has 0 aliphatic carbocycles. The zero-order chi connectivity index (χ0) is 14.7. The monoisotopic (exact) mass is 275 g/mol. The molecule has 1 N–H and O–H groups in total. The van der Waals surface area contributed by atoms with Gasteiger partial charge >= 0.3 is 0 Å². The second-order valence-corrected chi connectivity index (χ2v) is 5.48. The summed E-state index contributed by atoms with van der Waals surface area (Å²) in [6.07, 6.45) is 5.12. The third-order valence-corrected chi connectivity index (χ3v) is 4.03. The van der Waals surface area contributed by atoms with E-state index < -0.39 is 0 Å². The Morgan fingerprint density at radius 1 is 1.25 bits per heavy atom. The van der Waals surface area contributed by atoms with E-state index in [-0.39, 0.29) is 0 Å². The first kappa shape index (κ1) is 14.8. The normalized spacial score (nSPS) is 12.8. The van der Waals surface area contributed by atoms with E-state index in [1.165, 1.54) is 11.3 Å². The molecular weight excluding hydrogens is 250 g/mol. The SMILES string of the molecule is CNC(CCc1c(C)nn(C)c1C)Cc1ccn(C)n1. The van der Waals surface area contributed by atoms with Crippen molar-refractivity contribution < 1.29 is 0 Å². The number of nitrogens with zero attached hydrogens (tertiary/aromatic N) is 4. The van der Waals surface area contributed by atoms with Gasteiger partial charge in [-0.2, -0.15) is 10.2 Å². The highest BCUT2D eigenvalue weighted by molar-refractivity contribution is 5.24. The van der Waals surface area contributed by atoms with Crippen LogP contribution in [0.25, 0.3) is 0 Å². The van der Waals surface area contributed by atoms with Gasteiger partial charge in [-0.05, 0) is 45.4 Å². The van der Waals surface area contributed by atoms with Crippen LogP contribution in [0.2, 0.25) is 0 Å². The molecule has 0 bridgehead atoms. The standard InChI is InChI=1S/C15H25N5/c1-11-15(12(2)20(5)17-11)7-6-13(16-3)10-14-8-9-19(4)18-14/h8-9,13,16H,6-7,10H2,1-5H3. The molecule has 0 saturated carbocycles. The second-order valence-electron chi connectivity index (χ2n) is 5.48. The summed E-state index contributed by atoms with van der Waals surface area (Å²) in [5.74, 6) is 0. The summed E-state index contributed by atoms with van der Waals surface area (Å²) in [6.45, 7) is 4.23. The van der Waals surface area contributed by atoms with Crippen molar-refractivity contribution in [3.05, 3.63) is 34.9 Å². The van der Waals surface area contributed by atoms with Gasteiger partial charge in [0.05, 0.1) is 11.4 Å². The molecule has 110 valence electrons. The van der Waals surface area contributed by atoms with Gasteiger partial charge in [-0.15, -0.1) is 0 Å². The molecule has 0 aliphatic rings. The minimum absolute atomic E-state index is 0.448. The highest BCUT2D eigenvalue weighted by atomic mass is 15.3. The van der Waals surface area contributed by atoms with Crippen molar-refractivity contribution in [3.8, 4) is 0 Å². The van der Waals surface area contributed by atoms with Crippen LogP contribution in [0.4, 0.5) is 0 Å². The molecule has 0 amide bonds. The van der Waals surface area contributed by atoms with E-state index in [1.807, 2.05) is 36.7 Å². The fraction of sp³-hybridized carbons (Fsp3) is 0.600. The van der Waals surface area contributed by atoms with Gasteiger partial charge in [-0.3, -0.25) is 9.36 Å². The van der Waals surface area contributed by atoms with Gasteiger partial charge in [0.15, 0.2) is 0 Å². The predicted octanol–water partition coefficient (Wildman–Crippen LogP) is 1.53. The van der Waals surface area contributed by atoms with Crippen LogP contribution in [0.3, 0.4) is 0 Å². The second kappa shape index (κ2) is 6.22. The summed E-state index contributed by atoms with van der Waals surface area (Å²) in [5.41, 5.74) is 4.95. The molecule has 2 aromatic rings. The van der Waals surface area contributed by atoms with Crippen LogP contribution in [-0.2, 0) is 26.9 Å². The van der Waals surface area contributed by atoms with Gasteiger partial charge in [-0.25, -0.2) is 0 Å². The molecule has 20 heavy (non-hydrogen) atoms. The lowest BCUT2D eigenvalue weighted by Crippen LogP contribution is -2.28. The summed E-state index contributed by atoms with van der Waals surface area (Å²) in [4.78, 5) is 0. The third kappa shape index (κ3) is 3.28. The quantitative estimate of drug-likeness (QED) is 0.870. The molecule has 5 nitrogen and oxygen atoms in total. The molecule has 2 aromatic heterocycles. The summed E-state index contributed by atoms with van der Waals surface area (Å²) in [6, 6.07) is 2.54. The van der Waals surface area contributed by atoms with Crippen LogP contribution in [0.15, 0.2) is 12.3 Å². The van der Waals surface area contributed by atoms with E-state index in [0.29, 0.717) is 6.04 Å². The number of aryl methyl sites for hydroxylation is 3. The van der Waals surface area contributed by atoms with Crippen molar-refractivity contribution in [1.29, 1.82) is 0 Å². The van der Waals surface area contributed by atoms with Gasteiger partial charge in [0.2, 0.25) is 0 Å². The summed E-state index contributed by atoms with van der Waals surface area (Å²) in [7, 11) is 5.99. The lowest BCUT2D eigenvalue weighted by atomic mass is 10.0. The molecule has 0 saturated heterocycles. The third-order valence-electron chi connectivity index (χ3n) is 4.03. The Morgan fingerprint density at radius 3 is 2.50 bits per heavy atom.